The predicted molar refractivity (Wildman–Crippen MR) is 126 cm³/mol. The normalized spacial score (nSPS) is 29.8. The first-order valence-electron chi connectivity index (χ1n) is 12.8. The fourth-order valence-corrected chi connectivity index (χ4v) is 6.37. The molecule has 2 N–H and O–H groups in total. The summed E-state index contributed by atoms with van der Waals surface area (Å²) in [5.41, 5.74) is 3.19. The largest absolute Gasteiger partial charge is 0.329 e. The van der Waals surface area contributed by atoms with Crippen LogP contribution in [-0.2, 0) is 17.8 Å². The van der Waals surface area contributed by atoms with E-state index in [1.54, 1.807) is 4.90 Å². The van der Waals surface area contributed by atoms with Crippen molar-refractivity contribution in [3.8, 4) is 0 Å². The molecule has 4 aliphatic rings. The van der Waals surface area contributed by atoms with Gasteiger partial charge in [-0.05, 0) is 61.6 Å². The number of carbonyl (C=O) groups is 2. The Labute approximate surface area is 200 Å². The number of hydrogen-bond acceptors (Lipinski definition) is 3. The third kappa shape index (κ3) is 4.90. The van der Waals surface area contributed by atoms with Crippen LogP contribution in [0.15, 0.2) is 30.5 Å². The molecule has 2 aliphatic heterocycles. The Bertz CT molecular complexity index is 973. The number of benzene rings is 1. The molecule has 7 heteroatoms. The maximum absolute atomic E-state index is 14.4. The number of piperidine rings is 1. The topological polar surface area (TPSA) is 61.4 Å². The Hall–Kier alpha value is -2.28. The van der Waals surface area contributed by atoms with Crippen LogP contribution in [0.2, 0.25) is 0 Å². The molecule has 3 atom stereocenters. The van der Waals surface area contributed by atoms with Gasteiger partial charge in [0.25, 0.3) is 5.91 Å². The van der Waals surface area contributed by atoms with Crippen LogP contribution in [-0.4, -0.2) is 40.8 Å². The van der Waals surface area contributed by atoms with Gasteiger partial charge in [0, 0.05) is 42.7 Å². The lowest BCUT2D eigenvalue weighted by molar-refractivity contribution is -0.126. The molecule has 3 fully saturated rings. The Morgan fingerprint density at radius 1 is 1.12 bits per heavy atom. The van der Waals surface area contributed by atoms with E-state index in [4.69, 9.17) is 0 Å². The maximum atomic E-state index is 14.4. The molecule has 184 valence electrons. The van der Waals surface area contributed by atoms with E-state index < -0.39 is 12.0 Å². The number of fused-ring (bicyclic) bond motifs is 1. The minimum atomic E-state index is -2.61. The first kappa shape index (κ1) is 23.5. The summed E-state index contributed by atoms with van der Waals surface area (Å²) in [5.74, 6) is -3.06. The van der Waals surface area contributed by atoms with Crippen LogP contribution < -0.4 is 10.6 Å². The molecule has 0 bridgehead atoms. The molecule has 5 nitrogen and oxygen atoms in total. The van der Waals surface area contributed by atoms with Gasteiger partial charge in [-0.2, -0.15) is 0 Å². The maximum Gasteiger partial charge on any atom is 0.255 e. The summed E-state index contributed by atoms with van der Waals surface area (Å²) in [5, 5.41) is 6.50. The van der Waals surface area contributed by atoms with Gasteiger partial charge in [0.05, 0.1) is 0 Å². The monoisotopic (exact) mass is 471 g/mol. The number of nitrogens with zero attached hydrogens (tertiary/aromatic N) is 1. The van der Waals surface area contributed by atoms with Crippen molar-refractivity contribution < 1.29 is 18.4 Å². The second-order valence-electron chi connectivity index (χ2n) is 10.7. The van der Waals surface area contributed by atoms with Crippen molar-refractivity contribution in [1.82, 2.24) is 15.5 Å². The number of hydrogen-bond donors (Lipinski definition) is 2. The first-order chi connectivity index (χ1) is 16.3. The van der Waals surface area contributed by atoms with Gasteiger partial charge in [0.1, 0.15) is 6.04 Å². The highest BCUT2D eigenvalue weighted by Gasteiger charge is 2.42. The lowest BCUT2D eigenvalue weighted by atomic mass is 9.77. The third-order valence-electron chi connectivity index (χ3n) is 8.20. The number of nitrogens with one attached hydrogen (secondary N) is 2. The second-order valence-corrected chi connectivity index (χ2v) is 10.7. The van der Waals surface area contributed by atoms with Crippen LogP contribution in [0.3, 0.4) is 0 Å². The average Bonchev–Trinajstić information content (AvgIpc) is 3.11. The van der Waals surface area contributed by atoms with E-state index >= 15 is 0 Å². The van der Waals surface area contributed by atoms with Crippen LogP contribution >= 0.6 is 0 Å². The van der Waals surface area contributed by atoms with Crippen LogP contribution in [0, 0.1) is 5.92 Å². The molecule has 1 aromatic rings. The molecule has 1 aromatic carbocycles. The molecule has 5 rings (SSSR count). The predicted octanol–water partition coefficient (Wildman–Crippen LogP) is 4.70. The van der Waals surface area contributed by atoms with Crippen molar-refractivity contribution in [1.29, 1.82) is 0 Å². The molecule has 2 saturated carbocycles. The molecule has 2 amide bonds. The summed E-state index contributed by atoms with van der Waals surface area (Å²) in [6, 6.07) is 5.78. The molecular weight excluding hydrogens is 436 g/mol. The van der Waals surface area contributed by atoms with E-state index in [9.17, 15) is 18.4 Å². The summed E-state index contributed by atoms with van der Waals surface area (Å²) in [6.45, 7) is 4.20. The molecule has 2 aliphatic carbocycles. The van der Waals surface area contributed by atoms with Crippen LogP contribution in [0.4, 0.5) is 8.78 Å². The Morgan fingerprint density at radius 2 is 1.91 bits per heavy atom. The lowest BCUT2D eigenvalue weighted by Crippen LogP contribution is -2.49. The van der Waals surface area contributed by atoms with Crippen molar-refractivity contribution in [2.45, 2.75) is 101 Å². The van der Waals surface area contributed by atoms with E-state index in [0.29, 0.717) is 49.5 Å². The van der Waals surface area contributed by atoms with E-state index in [1.807, 2.05) is 18.2 Å². The number of amides is 2. The van der Waals surface area contributed by atoms with Crippen molar-refractivity contribution >= 4 is 11.8 Å². The van der Waals surface area contributed by atoms with Gasteiger partial charge in [-0.1, -0.05) is 38.0 Å². The van der Waals surface area contributed by atoms with Gasteiger partial charge >= 0.3 is 0 Å². The van der Waals surface area contributed by atoms with Crippen molar-refractivity contribution in [3.05, 3.63) is 47.2 Å². The SMILES string of the molecule is C=C1CCC(N2Cc3cc(C[C@H]4CC(F)(F)CC[C@@H]4NC4CCCCC4)ccc3C2=O)C(=O)N1. The smallest absolute Gasteiger partial charge is 0.255 e. The standard InChI is InChI=1S/C27H35F2N3O2/c1-17-7-10-24(25(33)30-17)32-16-20-14-18(8-9-22(20)26(32)34)13-19-15-27(28,29)12-11-23(19)31-21-5-3-2-4-6-21/h8-9,14,19,21,23-24,31H,1-7,10-13,15-16H2,(H,30,33)/t19-,23-,24?/m0/s1. The summed E-state index contributed by atoms with van der Waals surface area (Å²) in [7, 11) is 0. The molecule has 0 spiro atoms. The zero-order valence-electron chi connectivity index (χ0n) is 19.8. The zero-order valence-corrected chi connectivity index (χ0v) is 19.8. The Kier molecular flexibility index (Phi) is 6.49. The summed E-state index contributed by atoms with van der Waals surface area (Å²) >= 11 is 0. The highest BCUT2D eigenvalue weighted by Crippen LogP contribution is 2.39. The molecule has 34 heavy (non-hydrogen) atoms. The average molecular weight is 472 g/mol. The summed E-state index contributed by atoms with van der Waals surface area (Å²) in [6.07, 6.45) is 8.16. The first-order valence-corrected chi connectivity index (χ1v) is 12.8. The van der Waals surface area contributed by atoms with E-state index in [1.165, 1.54) is 19.3 Å². The van der Waals surface area contributed by atoms with Crippen LogP contribution in [0.25, 0.3) is 0 Å². The Morgan fingerprint density at radius 3 is 2.68 bits per heavy atom. The van der Waals surface area contributed by atoms with Gasteiger partial charge in [0.2, 0.25) is 11.8 Å². The molecule has 0 radical (unpaired) electrons. The van der Waals surface area contributed by atoms with Crippen LogP contribution in [0.1, 0.15) is 85.7 Å². The van der Waals surface area contributed by atoms with Gasteiger partial charge in [0.15, 0.2) is 0 Å². The highest BCUT2D eigenvalue weighted by atomic mass is 19.3. The minimum Gasteiger partial charge on any atom is -0.329 e. The summed E-state index contributed by atoms with van der Waals surface area (Å²) < 4.78 is 28.8. The van der Waals surface area contributed by atoms with E-state index in [-0.39, 0.29) is 36.6 Å². The van der Waals surface area contributed by atoms with E-state index in [0.717, 1.165) is 24.0 Å². The van der Waals surface area contributed by atoms with Gasteiger partial charge < -0.3 is 15.5 Å². The molecule has 0 aromatic heterocycles. The molecule has 1 saturated heterocycles. The number of halogens is 2. The van der Waals surface area contributed by atoms with Crippen molar-refractivity contribution in [2.24, 2.45) is 5.92 Å². The van der Waals surface area contributed by atoms with Gasteiger partial charge in [-0.15, -0.1) is 0 Å². The molecule has 2 heterocycles. The number of carbonyl (C=O) groups excluding carboxylic acids is 2. The number of rotatable bonds is 5. The fraction of sp³-hybridized carbons (Fsp3) is 0.630. The van der Waals surface area contributed by atoms with Crippen LogP contribution in [0.5, 0.6) is 0 Å². The quantitative estimate of drug-likeness (QED) is 0.654. The minimum absolute atomic E-state index is 0.0442. The molecule has 1 unspecified atom stereocenters. The fourth-order valence-electron chi connectivity index (χ4n) is 6.37. The zero-order chi connectivity index (χ0) is 23.9. The lowest BCUT2D eigenvalue weighted by Gasteiger charge is -2.39. The third-order valence-corrected chi connectivity index (χ3v) is 8.20. The molecular formula is C27H35F2N3O2. The van der Waals surface area contributed by atoms with E-state index in [2.05, 4.69) is 17.2 Å². The van der Waals surface area contributed by atoms with Gasteiger partial charge in [-0.25, -0.2) is 8.78 Å². The number of alkyl halides is 2. The van der Waals surface area contributed by atoms with Crippen molar-refractivity contribution in [3.63, 3.8) is 0 Å². The summed E-state index contributed by atoms with van der Waals surface area (Å²) in [4.78, 5) is 27.1. The second kappa shape index (κ2) is 9.40. The number of allylic oxidation sites excluding steroid dienone is 1. The Balaban J connectivity index is 1.29. The highest BCUT2D eigenvalue weighted by molar-refractivity contribution is 6.01. The van der Waals surface area contributed by atoms with Crippen molar-refractivity contribution in [2.75, 3.05) is 0 Å². The van der Waals surface area contributed by atoms with Gasteiger partial charge in [-0.3, -0.25) is 9.59 Å².